The lowest BCUT2D eigenvalue weighted by Gasteiger charge is -2.52. The first-order valence-corrected chi connectivity index (χ1v) is 9.40. The molecule has 4 rings (SSSR count). The van der Waals surface area contributed by atoms with Gasteiger partial charge in [-0.3, -0.25) is 24.1 Å². The number of ketones is 4. The first-order valence-electron chi connectivity index (χ1n) is 9.40. The maximum atomic E-state index is 13.4. The van der Waals surface area contributed by atoms with Gasteiger partial charge in [0.2, 0.25) is 0 Å². The Hall–Kier alpha value is -2.89. The van der Waals surface area contributed by atoms with Crippen LogP contribution in [0.25, 0.3) is 0 Å². The lowest BCUT2D eigenvalue weighted by atomic mass is 9.52. The summed E-state index contributed by atoms with van der Waals surface area (Å²) >= 11 is 0. The van der Waals surface area contributed by atoms with E-state index >= 15 is 0 Å². The van der Waals surface area contributed by atoms with Crippen LogP contribution in [0, 0.1) is 35.0 Å². The van der Waals surface area contributed by atoms with Crippen molar-refractivity contribution >= 4 is 23.1 Å². The minimum absolute atomic E-state index is 0.0319. The summed E-state index contributed by atoms with van der Waals surface area (Å²) in [5.41, 5.74) is -1.95. The Kier molecular flexibility index (Phi) is 4.22. The van der Waals surface area contributed by atoms with Crippen molar-refractivity contribution in [1.29, 1.82) is 5.26 Å². The molecule has 3 aliphatic rings. The molecule has 2 unspecified atom stereocenters. The van der Waals surface area contributed by atoms with Gasteiger partial charge in [0.1, 0.15) is 5.75 Å². The fourth-order valence-corrected chi connectivity index (χ4v) is 5.40. The molecule has 2 saturated carbocycles. The van der Waals surface area contributed by atoms with Crippen LogP contribution in [0.1, 0.15) is 22.3 Å². The summed E-state index contributed by atoms with van der Waals surface area (Å²) in [6.45, 7) is 0. The number of carbonyl (C=O) groups is 4. The topological polar surface area (TPSA) is 136 Å². The molecule has 0 heterocycles. The second-order valence-corrected chi connectivity index (χ2v) is 8.33. The number of nitrogens with zero attached hydrogens (tertiary/aromatic N) is 2. The summed E-state index contributed by atoms with van der Waals surface area (Å²) in [6, 6.07) is 5.27. The third kappa shape index (κ3) is 2.38. The smallest absolute Gasteiger partial charge is 0.197 e. The minimum atomic E-state index is -2.58. The number of benzene rings is 1. The minimum Gasteiger partial charge on any atom is -0.507 e. The molecule has 0 aromatic heterocycles. The number of carbonyl (C=O) groups excluding carboxylic acids is 4. The Morgan fingerprint density at radius 1 is 1.17 bits per heavy atom. The molecular weight excluding hydrogens is 376 g/mol. The molecule has 1 aromatic rings. The molecule has 2 fully saturated rings. The van der Waals surface area contributed by atoms with Crippen molar-refractivity contribution in [1.82, 2.24) is 4.90 Å². The highest BCUT2D eigenvalue weighted by atomic mass is 16.3. The monoisotopic (exact) mass is 396 g/mol. The highest BCUT2D eigenvalue weighted by Gasteiger charge is 2.68. The first-order chi connectivity index (χ1) is 13.6. The van der Waals surface area contributed by atoms with E-state index in [0.717, 1.165) is 0 Å². The molecule has 0 saturated heterocycles. The van der Waals surface area contributed by atoms with Crippen LogP contribution in [-0.2, 0) is 20.8 Å². The van der Waals surface area contributed by atoms with E-state index in [1.165, 1.54) is 11.0 Å². The zero-order chi connectivity index (χ0) is 21.2. The molecular formula is C21H20N2O6. The molecule has 0 amide bonds. The summed E-state index contributed by atoms with van der Waals surface area (Å²) in [7, 11) is 3.17. The van der Waals surface area contributed by atoms with Crippen LogP contribution in [-0.4, -0.2) is 64.0 Å². The van der Waals surface area contributed by atoms with E-state index in [9.17, 15) is 34.7 Å². The number of aromatic hydroxyl groups is 1. The van der Waals surface area contributed by atoms with E-state index < -0.39 is 58.4 Å². The van der Waals surface area contributed by atoms with Gasteiger partial charge in [0.15, 0.2) is 34.7 Å². The van der Waals surface area contributed by atoms with Gasteiger partial charge in [0.25, 0.3) is 0 Å². The van der Waals surface area contributed by atoms with Crippen molar-refractivity contribution in [3.8, 4) is 11.8 Å². The molecule has 0 bridgehead atoms. The van der Waals surface area contributed by atoms with Gasteiger partial charge < -0.3 is 10.2 Å². The lowest BCUT2D eigenvalue weighted by Crippen LogP contribution is -2.72. The van der Waals surface area contributed by atoms with Crippen molar-refractivity contribution in [2.24, 2.45) is 23.7 Å². The van der Waals surface area contributed by atoms with Gasteiger partial charge in [0, 0.05) is 5.92 Å². The maximum absolute atomic E-state index is 13.4. The molecule has 8 heteroatoms. The van der Waals surface area contributed by atoms with Gasteiger partial charge >= 0.3 is 0 Å². The molecule has 0 radical (unpaired) electrons. The molecule has 8 nitrogen and oxygen atoms in total. The predicted octanol–water partition coefficient (Wildman–Crippen LogP) is -0.0947. The normalized spacial score (nSPS) is 36.3. The highest BCUT2D eigenvalue weighted by Crippen LogP contribution is 2.50. The SMILES string of the molecule is CN(C)[C@@H]1C(=O)C(C#N)C(=O)[C@@]2(O)C(=O)C3C(=O)c4c(O)cccc4C[C@H]3C[C@@H]12. The van der Waals surface area contributed by atoms with Gasteiger partial charge in [-0.2, -0.15) is 5.26 Å². The quantitative estimate of drug-likeness (QED) is 0.629. The average Bonchev–Trinajstić information content (AvgIpc) is 2.65. The molecule has 2 N–H and O–H groups in total. The first kappa shape index (κ1) is 19.4. The average molecular weight is 396 g/mol. The Labute approximate surface area is 166 Å². The van der Waals surface area contributed by atoms with Gasteiger partial charge in [0.05, 0.1) is 23.6 Å². The number of Topliss-reactive ketones (excluding diaryl/α,β-unsaturated/α-hetero) is 4. The molecule has 1 aromatic carbocycles. The molecule has 0 spiro atoms. The maximum Gasteiger partial charge on any atom is 0.197 e. The van der Waals surface area contributed by atoms with Crippen molar-refractivity contribution in [3.05, 3.63) is 29.3 Å². The van der Waals surface area contributed by atoms with Crippen LogP contribution in [0.3, 0.4) is 0 Å². The Morgan fingerprint density at radius 2 is 1.86 bits per heavy atom. The Morgan fingerprint density at radius 3 is 2.48 bits per heavy atom. The van der Waals surface area contributed by atoms with Gasteiger partial charge in [-0.05, 0) is 44.5 Å². The zero-order valence-electron chi connectivity index (χ0n) is 16.0. The summed E-state index contributed by atoms with van der Waals surface area (Å²) in [5, 5.41) is 30.8. The summed E-state index contributed by atoms with van der Waals surface area (Å²) < 4.78 is 0. The van der Waals surface area contributed by atoms with Crippen LogP contribution in [0.2, 0.25) is 0 Å². The number of aliphatic hydroxyl groups is 1. The largest absolute Gasteiger partial charge is 0.507 e. The fourth-order valence-electron chi connectivity index (χ4n) is 5.40. The van der Waals surface area contributed by atoms with Crippen LogP contribution in [0.15, 0.2) is 18.2 Å². The third-order valence-electron chi connectivity index (χ3n) is 6.64. The van der Waals surface area contributed by atoms with Gasteiger partial charge in [-0.1, -0.05) is 12.1 Å². The summed E-state index contributed by atoms with van der Waals surface area (Å²) in [4.78, 5) is 53.7. The van der Waals surface area contributed by atoms with E-state index in [-0.39, 0.29) is 17.7 Å². The van der Waals surface area contributed by atoms with E-state index in [1.807, 2.05) is 0 Å². The fraction of sp³-hybridized carbons (Fsp3) is 0.476. The number of phenolic OH excluding ortho intramolecular Hbond substituents is 1. The molecule has 0 aliphatic heterocycles. The van der Waals surface area contributed by atoms with Crippen LogP contribution < -0.4 is 0 Å². The van der Waals surface area contributed by atoms with E-state index in [4.69, 9.17) is 0 Å². The number of hydrogen-bond acceptors (Lipinski definition) is 8. The third-order valence-corrected chi connectivity index (χ3v) is 6.64. The van der Waals surface area contributed by atoms with Crippen molar-refractivity contribution in [2.45, 2.75) is 24.5 Å². The highest BCUT2D eigenvalue weighted by molar-refractivity contribution is 6.27. The summed E-state index contributed by atoms with van der Waals surface area (Å²) in [5.74, 6) is -8.23. The number of rotatable bonds is 1. The summed E-state index contributed by atoms with van der Waals surface area (Å²) in [6.07, 6.45) is 0.412. The molecule has 150 valence electrons. The number of nitriles is 1. The number of hydrogen-bond donors (Lipinski definition) is 2. The van der Waals surface area contributed by atoms with Crippen molar-refractivity contribution < 1.29 is 29.4 Å². The number of fused-ring (bicyclic) bond motifs is 3. The molecule has 29 heavy (non-hydrogen) atoms. The number of phenols is 1. The molecule has 6 atom stereocenters. The van der Waals surface area contributed by atoms with Gasteiger partial charge in [-0.15, -0.1) is 0 Å². The van der Waals surface area contributed by atoms with Crippen LogP contribution in [0.4, 0.5) is 0 Å². The van der Waals surface area contributed by atoms with E-state index in [1.54, 1.807) is 32.3 Å². The van der Waals surface area contributed by atoms with Crippen molar-refractivity contribution in [2.75, 3.05) is 14.1 Å². The van der Waals surface area contributed by atoms with Crippen LogP contribution >= 0.6 is 0 Å². The second-order valence-electron chi connectivity index (χ2n) is 8.33. The van der Waals surface area contributed by atoms with Crippen LogP contribution in [0.5, 0.6) is 5.75 Å². The van der Waals surface area contributed by atoms with E-state index in [0.29, 0.717) is 12.0 Å². The van der Waals surface area contributed by atoms with Gasteiger partial charge in [-0.25, -0.2) is 0 Å². The standard InChI is InChI=1S/C21H20N2O6/c1-23(2)16-12-7-10-6-9-4-3-5-13(24)14(9)18(26)15(10)20(28)21(12,29)19(27)11(8-22)17(16)25/h3-5,10-12,15-16,24,29H,6-7H2,1-2H3/t10-,11?,12-,15?,16-,21+/m0/s1. The zero-order valence-corrected chi connectivity index (χ0v) is 16.0. The lowest BCUT2D eigenvalue weighted by molar-refractivity contribution is -0.179. The van der Waals surface area contributed by atoms with Crippen molar-refractivity contribution in [3.63, 3.8) is 0 Å². The second kappa shape index (κ2) is 6.31. The Bertz CT molecular complexity index is 1010. The molecule has 3 aliphatic carbocycles. The Balaban J connectivity index is 1.87. The van der Waals surface area contributed by atoms with E-state index in [2.05, 4.69) is 0 Å². The predicted molar refractivity (Wildman–Crippen MR) is 97.8 cm³/mol. The number of likely N-dealkylation sites (N-methyl/N-ethyl adjacent to an activating group) is 1.